The Kier molecular flexibility index (Phi) is 3.49. The Hall–Kier alpha value is -2.54. The average molecular weight is 300 g/mol. The average Bonchev–Trinajstić information content (AvgIpc) is 2.98. The van der Waals surface area contributed by atoms with Crippen molar-refractivity contribution in [3.05, 3.63) is 63.8 Å². The van der Waals surface area contributed by atoms with Crippen molar-refractivity contribution in [2.45, 2.75) is 13.0 Å². The Morgan fingerprint density at radius 1 is 1.38 bits per heavy atom. The Bertz CT molecular complexity index is 841. The highest BCUT2D eigenvalue weighted by atomic mass is 32.1. The standard InChI is InChI=1S/C14H12N4O2S/c1-9(11-4-2-3-5-15-11)17-12(19)10-8-16-14-18(13(10)20)6-7-21-14/h2-9H,1H3,(H,17,19). The molecule has 0 bridgehead atoms. The van der Waals surface area contributed by atoms with Gasteiger partial charge in [0.25, 0.3) is 11.5 Å². The van der Waals surface area contributed by atoms with Crippen molar-refractivity contribution >= 4 is 22.2 Å². The molecule has 0 saturated heterocycles. The Morgan fingerprint density at radius 2 is 2.24 bits per heavy atom. The summed E-state index contributed by atoms with van der Waals surface area (Å²) in [7, 11) is 0. The predicted octanol–water partition coefficient (Wildman–Crippen LogP) is 1.64. The van der Waals surface area contributed by atoms with E-state index in [0.29, 0.717) is 4.96 Å². The lowest BCUT2D eigenvalue weighted by molar-refractivity contribution is 0.0937. The van der Waals surface area contributed by atoms with Gasteiger partial charge in [-0.2, -0.15) is 0 Å². The van der Waals surface area contributed by atoms with Crippen LogP contribution in [0.5, 0.6) is 0 Å². The first-order valence-corrected chi connectivity index (χ1v) is 7.21. The SMILES string of the molecule is CC(NC(=O)c1cnc2sccn2c1=O)c1ccccn1. The largest absolute Gasteiger partial charge is 0.344 e. The van der Waals surface area contributed by atoms with E-state index >= 15 is 0 Å². The molecule has 0 aliphatic rings. The maximum Gasteiger partial charge on any atom is 0.271 e. The van der Waals surface area contributed by atoms with Crippen LogP contribution in [-0.2, 0) is 0 Å². The van der Waals surface area contributed by atoms with Gasteiger partial charge < -0.3 is 5.32 Å². The van der Waals surface area contributed by atoms with Gasteiger partial charge in [-0.25, -0.2) is 4.98 Å². The fourth-order valence-electron chi connectivity index (χ4n) is 1.96. The minimum Gasteiger partial charge on any atom is -0.344 e. The molecule has 1 N–H and O–H groups in total. The Labute approximate surface area is 124 Å². The maximum absolute atomic E-state index is 12.2. The molecule has 106 valence electrons. The molecule has 0 spiro atoms. The van der Waals surface area contributed by atoms with Crippen molar-refractivity contribution < 1.29 is 4.79 Å². The number of hydrogen-bond donors (Lipinski definition) is 1. The molecule has 3 aromatic heterocycles. The Morgan fingerprint density at radius 3 is 3.00 bits per heavy atom. The molecule has 7 heteroatoms. The number of pyridine rings is 1. The molecule has 21 heavy (non-hydrogen) atoms. The highest BCUT2D eigenvalue weighted by molar-refractivity contribution is 7.15. The molecule has 0 aliphatic heterocycles. The fraction of sp³-hybridized carbons (Fsp3) is 0.143. The molecule has 3 heterocycles. The van der Waals surface area contributed by atoms with Crippen LogP contribution in [0.3, 0.4) is 0 Å². The highest BCUT2D eigenvalue weighted by Gasteiger charge is 2.17. The van der Waals surface area contributed by atoms with Crippen molar-refractivity contribution in [3.8, 4) is 0 Å². The first-order chi connectivity index (χ1) is 10.2. The van der Waals surface area contributed by atoms with Crippen LogP contribution in [0.1, 0.15) is 29.0 Å². The molecule has 0 fully saturated rings. The van der Waals surface area contributed by atoms with Crippen molar-refractivity contribution in [1.82, 2.24) is 19.7 Å². The van der Waals surface area contributed by atoms with Gasteiger partial charge >= 0.3 is 0 Å². The molecular formula is C14H12N4O2S. The van der Waals surface area contributed by atoms with Crippen LogP contribution in [0, 0.1) is 0 Å². The molecule has 1 atom stereocenters. The molecule has 1 amide bonds. The van der Waals surface area contributed by atoms with Crippen LogP contribution in [0.2, 0.25) is 0 Å². The van der Waals surface area contributed by atoms with E-state index in [9.17, 15) is 9.59 Å². The summed E-state index contributed by atoms with van der Waals surface area (Å²) in [6, 6.07) is 5.18. The number of thiazole rings is 1. The molecule has 0 aliphatic carbocycles. The summed E-state index contributed by atoms with van der Waals surface area (Å²) in [4.78, 5) is 33.3. The zero-order chi connectivity index (χ0) is 14.8. The van der Waals surface area contributed by atoms with Gasteiger partial charge in [-0.05, 0) is 19.1 Å². The normalized spacial score (nSPS) is 12.2. The molecule has 1 unspecified atom stereocenters. The lowest BCUT2D eigenvalue weighted by Crippen LogP contribution is -2.33. The molecule has 0 radical (unpaired) electrons. The monoisotopic (exact) mass is 300 g/mol. The minimum absolute atomic E-state index is 0.0219. The third-order valence-electron chi connectivity index (χ3n) is 3.07. The van der Waals surface area contributed by atoms with E-state index in [1.165, 1.54) is 21.9 Å². The third kappa shape index (κ3) is 2.55. The first-order valence-electron chi connectivity index (χ1n) is 6.33. The first kappa shape index (κ1) is 13.4. The van der Waals surface area contributed by atoms with Gasteiger partial charge in [-0.3, -0.25) is 19.0 Å². The quantitative estimate of drug-likeness (QED) is 0.798. The summed E-state index contributed by atoms with van der Waals surface area (Å²) in [6.07, 6.45) is 4.58. The number of aromatic nitrogens is 3. The van der Waals surface area contributed by atoms with Crippen LogP contribution in [0.25, 0.3) is 4.96 Å². The van der Waals surface area contributed by atoms with Crippen molar-refractivity contribution in [3.63, 3.8) is 0 Å². The number of nitrogens with zero attached hydrogens (tertiary/aromatic N) is 3. The second-order valence-electron chi connectivity index (χ2n) is 4.48. The zero-order valence-corrected chi connectivity index (χ0v) is 12.0. The number of carbonyl (C=O) groups is 1. The molecular weight excluding hydrogens is 288 g/mol. The van der Waals surface area contributed by atoms with E-state index in [1.807, 2.05) is 19.1 Å². The van der Waals surface area contributed by atoms with E-state index in [2.05, 4.69) is 15.3 Å². The van der Waals surface area contributed by atoms with Gasteiger partial charge in [0.15, 0.2) is 4.96 Å². The number of hydrogen-bond acceptors (Lipinski definition) is 5. The summed E-state index contributed by atoms with van der Waals surface area (Å²) in [5, 5.41) is 4.51. The van der Waals surface area contributed by atoms with Crippen LogP contribution >= 0.6 is 11.3 Å². The number of nitrogens with one attached hydrogen (secondary N) is 1. The van der Waals surface area contributed by atoms with E-state index in [0.717, 1.165) is 5.69 Å². The van der Waals surface area contributed by atoms with E-state index in [-0.39, 0.29) is 17.2 Å². The maximum atomic E-state index is 12.2. The van der Waals surface area contributed by atoms with Crippen molar-refractivity contribution in [1.29, 1.82) is 0 Å². The summed E-state index contributed by atoms with van der Waals surface area (Å²) >= 11 is 1.34. The van der Waals surface area contributed by atoms with Crippen LogP contribution in [0.15, 0.2) is 47.0 Å². The van der Waals surface area contributed by atoms with E-state index in [4.69, 9.17) is 0 Å². The van der Waals surface area contributed by atoms with E-state index < -0.39 is 5.91 Å². The summed E-state index contributed by atoms with van der Waals surface area (Å²) < 4.78 is 1.37. The second-order valence-corrected chi connectivity index (χ2v) is 5.36. The van der Waals surface area contributed by atoms with E-state index in [1.54, 1.807) is 23.8 Å². The third-order valence-corrected chi connectivity index (χ3v) is 3.84. The van der Waals surface area contributed by atoms with Gasteiger partial charge in [0, 0.05) is 24.0 Å². The molecule has 3 rings (SSSR count). The number of fused-ring (bicyclic) bond motifs is 1. The van der Waals surface area contributed by atoms with Crippen LogP contribution < -0.4 is 10.9 Å². The van der Waals surface area contributed by atoms with Gasteiger partial charge in [0.1, 0.15) is 5.56 Å². The lowest BCUT2D eigenvalue weighted by atomic mass is 10.2. The fourth-order valence-corrected chi connectivity index (χ4v) is 2.64. The molecule has 6 nitrogen and oxygen atoms in total. The smallest absolute Gasteiger partial charge is 0.271 e. The molecule has 3 aromatic rings. The van der Waals surface area contributed by atoms with Gasteiger partial charge in [0.2, 0.25) is 0 Å². The van der Waals surface area contributed by atoms with Gasteiger partial charge in [-0.1, -0.05) is 6.07 Å². The van der Waals surface area contributed by atoms with Crippen molar-refractivity contribution in [2.24, 2.45) is 0 Å². The van der Waals surface area contributed by atoms with Gasteiger partial charge in [-0.15, -0.1) is 11.3 Å². The summed E-state index contributed by atoms with van der Waals surface area (Å²) in [5.74, 6) is -0.453. The minimum atomic E-state index is -0.453. The molecule has 0 saturated carbocycles. The van der Waals surface area contributed by atoms with Crippen molar-refractivity contribution in [2.75, 3.05) is 0 Å². The molecule has 0 aromatic carbocycles. The lowest BCUT2D eigenvalue weighted by Gasteiger charge is -2.12. The van der Waals surface area contributed by atoms with Crippen LogP contribution in [-0.4, -0.2) is 20.3 Å². The summed E-state index contributed by atoms with van der Waals surface area (Å²) in [6.45, 7) is 1.81. The van der Waals surface area contributed by atoms with Crippen LogP contribution in [0.4, 0.5) is 0 Å². The second kappa shape index (κ2) is 5.45. The predicted molar refractivity (Wildman–Crippen MR) is 79.5 cm³/mol. The Balaban J connectivity index is 1.87. The van der Waals surface area contributed by atoms with Gasteiger partial charge in [0.05, 0.1) is 11.7 Å². The summed E-state index contributed by atoms with van der Waals surface area (Å²) in [5.41, 5.74) is 0.385. The number of amides is 1. The topological polar surface area (TPSA) is 76.4 Å². The highest BCUT2D eigenvalue weighted by Crippen LogP contribution is 2.09. The zero-order valence-electron chi connectivity index (χ0n) is 11.2. The number of carbonyl (C=O) groups excluding carboxylic acids is 1. The number of rotatable bonds is 3.